The van der Waals surface area contributed by atoms with Gasteiger partial charge in [0.2, 0.25) is 5.91 Å². The first-order chi connectivity index (χ1) is 15.6. The van der Waals surface area contributed by atoms with E-state index in [2.05, 4.69) is 26.3 Å². The monoisotopic (exact) mass is 461 g/mol. The number of nitrogens with zero attached hydrogens (tertiary/aromatic N) is 1. The molecule has 0 radical (unpaired) electrons. The Labute approximate surface area is 186 Å². The minimum absolute atomic E-state index is 0.0157. The van der Waals surface area contributed by atoms with Crippen molar-refractivity contribution in [2.45, 2.75) is 13.1 Å². The summed E-state index contributed by atoms with van der Waals surface area (Å²) in [5.41, 5.74) is -0.569. The second kappa shape index (κ2) is 9.55. The summed E-state index contributed by atoms with van der Waals surface area (Å²) < 4.78 is 54.3. The van der Waals surface area contributed by atoms with E-state index in [1.54, 1.807) is 24.3 Å². The molecule has 2 amide bonds. The van der Waals surface area contributed by atoms with Gasteiger partial charge in [-0.3, -0.25) is 9.59 Å². The minimum atomic E-state index is -4.74. The van der Waals surface area contributed by atoms with Crippen molar-refractivity contribution < 1.29 is 27.2 Å². The molecule has 0 bridgehead atoms. The maximum atomic E-state index is 13.6. The van der Waals surface area contributed by atoms with E-state index in [0.717, 1.165) is 18.2 Å². The van der Waals surface area contributed by atoms with Crippen molar-refractivity contribution in [1.82, 2.24) is 10.3 Å². The van der Waals surface area contributed by atoms with E-state index < -0.39 is 23.5 Å². The number of hydrogen-bond donors (Lipinski definition) is 4. The van der Waals surface area contributed by atoms with E-state index >= 15 is 0 Å². The minimum Gasteiger partial charge on any atom is -0.355 e. The van der Waals surface area contributed by atoms with Crippen molar-refractivity contribution in [1.29, 1.82) is 0 Å². The zero-order valence-electron chi connectivity index (χ0n) is 17.5. The molecule has 3 rings (SSSR count). The van der Waals surface area contributed by atoms with Crippen LogP contribution < -0.4 is 21.3 Å². The Morgan fingerprint density at radius 1 is 0.909 bits per heavy atom. The number of hydrogen-bond acceptors (Lipinski definition) is 5. The van der Waals surface area contributed by atoms with Gasteiger partial charge in [0.1, 0.15) is 11.6 Å². The molecule has 172 valence electrons. The molecule has 1 heterocycles. The quantitative estimate of drug-likeness (QED) is 0.386. The normalized spacial score (nSPS) is 11.0. The fraction of sp³-hybridized carbons (Fsp3) is 0.136. The van der Waals surface area contributed by atoms with Crippen LogP contribution in [0.15, 0.2) is 54.7 Å². The molecule has 4 N–H and O–H groups in total. The highest BCUT2D eigenvalue weighted by Crippen LogP contribution is 2.37. The topological polar surface area (TPSA) is 95.1 Å². The molecule has 11 heteroatoms. The Morgan fingerprint density at radius 2 is 1.58 bits per heavy atom. The van der Waals surface area contributed by atoms with Crippen LogP contribution >= 0.6 is 0 Å². The van der Waals surface area contributed by atoms with Gasteiger partial charge in [-0.2, -0.15) is 13.2 Å². The van der Waals surface area contributed by atoms with Crippen molar-refractivity contribution in [2.24, 2.45) is 0 Å². The van der Waals surface area contributed by atoms with Gasteiger partial charge in [0.25, 0.3) is 5.91 Å². The van der Waals surface area contributed by atoms with E-state index in [9.17, 15) is 27.2 Å². The largest absolute Gasteiger partial charge is 0.419 e. The second-order valence-corrected chi connectivity index (χ2v) is 6.89. The number of halogens is 4. The van der Waals surface area contributed by atoms with Crippen LogP contribution in [-0.4, -0.2) is 23.8 Å². The first kappa shape index (κ1) is 23.5. The van der Waals surface area contributed by atoms with Gasteiger partial charge in [0.05, 0.1) is 22.5 Å². The summed E-state index contributed by atoms with van der Waals surface area (Å²) in [5.74, 6) is -1.54. The molecule has 0 saturated carbocycles. The van der Waals surface area contributed by atoms with Gasteiger partial charge in [0.15, 0.2) is 0 Å². The Hall–Kier alpha value is -4.15. The number of carbonyl (C=O) groups is 2. The van der Waals surface area contributed by atoms with Crippen molar-refractivity contribution in [3.05, 3.63) is 71.7 Å². The molecule has 0 aliphatic heterocycles. The lowest BCUT2D eigenvalue weighted by molar-refractivity contribution is -0.137. The van der Waals surface area contributed by atoms with E-state index in [4.69, 9.17) is 0 Å². The lowest BCUT2D eigenvalue weighted by atomic mass is 10.1. The first-order valence-electron chi connectivity index (χ1n) is 9.57. The SMILES string of the molecule is CNC(=O)c1cc(F)ccc1Nc1cc(Nc2ccc(NC(C)=O)cc2)ncc1C(F)(F)F. The highest BCUT2D eigenvalue weighted by atomic mass is 19.4. The van der Waals surface area contributed by atoms with Crippen LogP contribution in [0.3, 0.4) is 0 Å². The standard InChI is InChI=1S/C22H19F4N5O2/c1-12(32)29-14-4-6-15(7-5-14)30-20-10-19(17(11-28-20)22(24,25)26)31-18-8-3-13(23)9-16(18)21(33)27-2/h3-11H,1-2H3,(H,27,33)(H,29,32)(H2,28,30,31). The van der Waals surface area contributed by atoms with Gasteiger partial charge >= 0.3 is 6.18 Å². The fourth-order valence-corrected chi connectivity index (χ4v) is 2.93. The molecule has 2 aromatic carbocycles. The van der Waals surface area contributed by atoms with Crippen molar-refractivity contribution in [3.8, 4) is 0 Å². The molecule has 0 spiro atoms. The average molecular weight is 461 g/mol. The summed E-state index contributed by atoms with van der Waals surface area (Å²) in [6, 6.07) is 10.7. The Morgan fingerprint density at radius 3 is 2.18 bits per heavy atom. The summed E-state index contributed by atoms with van der Waals surface area (Å²) in [6.45, 7) is 1.36. The zero-order chi connectivity index (χ0) is 24.2. The number of alkyl halides is 3. The summed E-state index contributed by atoms with van der Waals surface area (Å²) >= 11 is 0. The van der Waals surface area contributed by atoms with Crippen LogP contribution in [0.4, 0.5) is 46.1 Å². The molecule has 0 saturated heterocycles. The van der Waals surface area contributed by atoms with Gasteiger partial charge < -0.3 is 21.3 Å². The predicted molar refractivity (Wildman–Crippen MR) is 116 cm³/mol. The van der Waals surface area contributed by atoms with Gasteiger partial charge in [-0.1, -0.05) is 0 Å². The molecule has 0 unspecified atom stereocenters. The second-order valence-electron chi connectivity index (χ2n) is 6.89. The molecule has 0 atom stereocenters. The predicted octanol–water partition coefficient (Wildman–Crippen LogP) is 5.04. The number of amides is 2. The lowest BCUT2D eigenvalue weighted by Gasteiger charge is -2.18. The number of anilines is 5. The zero-order valence-corrected chi connectivity index (χ0v) is 17.5. The maximum Gasteiger partial charge on any atom is 0.419 e. The van der Waals surface area contributed by atoms with Crippen LogP contribution in [0, 0.1) is 5.82 Å². The van der Waals surface area contributed by atoms with E-state index in [-0.39, 0.29) is 28.7 Å². The third kappa shape index (κ3) is 5.97. The number of nitrogens with one attached hydrogen (secondary N) is 4. The highest BCUT2D eigenvalue weighted by molar-refractivity contribution is 6.00. The number of aromatic nitrogens is 1. The summed E-state index contributed by atoms with van der Waals surface area (Å²) in [4.78, 5) is 27.0. The van der Waals surface area contributed by atoms with Crippen LogP contribution in [0.2, 0.25) is 0 Å². The summed E-state index contributed by atoms with van der Waals surface area (Å²) in [5, 5.41) is 10.4. The molecule has 0 fully saturated rings. The number of pyridine rings is 1. The smallest absolute Gasteiger partial charge is 0.355 e. The molecular formula is C22H19F4N5O2. The van der Waals surface area contributed by atoms with Gasteiger partial charge in [-0.25, -0.2) is 9.37 Å². The van der Waals surface area contributed by atoms with E-state index in [0.29, 0.717) is 17.6 Å². The van der Waals surface area contributed by atoms with E-state index in [1.807, 2.05) is 0 Å². The third-order valence-electron chi connectivity index (χ3n) is 4.41. The molecular weight excluding hydrogens is 442 g/mol. The number of benzene rings is 2. The van der Waals surface area contributed by atoms with Crippen LogP contribution in [0.25, 0.3) is 0 Å². The highest BCUT2D eigenvalue weighted by Gasteiger charge is 2.34. The fourth-order valence-electron chi connectivity index (χ4n) is 2.93. The molecule has 33 heavy (non-hydrogen) atoms. The Kier molecular flexibility index (Phi) is 6.80. The number of rotatable bonds is 6. The van der Waals surface area contributed by atoms with Gasteiger partial charge in [-0.05, 0) is 42.5 Å². The summed E-state index contributed by atoms with van der Waals surface area (Å²) in [6.07, 6.45) is -4.08. The third-order valence-corrected chi connectivity index (χ3v) is 4.41. The van der Waals surface area contributed by atoms with Crippen molar-refractivity contribution >= 4 is 40.4 Å². The molecule has 0 aliphatic carbocycles. The Balaban J connectivity index is 1.95. The van der Waals surface area contributed by atoms with Gasteiger partial charge in [0, 0.05) is 37.6 Å². The molecule has 0 aliphatic rings. The molecule has 1 aromatic heterocycles. The van der Waals surface area contributed by atoms with Crippen LogP contribution in [-0.2, 0) is 11.0 Å². The van der Waals surface area contributed by atoms with Gasteiger partial charge in [-0.15, -0.1) is 0 Å². The number of carbonyl (C=O) groups excluding carboxylic acids is 2. The van der Waals surface area contributed by atoms with Crippen molar-refractivity contribution in [3.63, 3.8) is 0 Å². The lowest BCUT2D eigenvalue weighted by Crippen LogP contribution is -2.20. The molecule has 7 nitrogen and oxygen atoms in total. The van der Waals surface area contributed by atoms with Crippen molar-refractivity contribution in [2.75, 3.05) is 23.0 Å². The molecule has 3 aromatic rings. The first-order valence-corrected chi connectivity index (χ1v) is 9.57. The summed E-state index contributed by atoms with van der Waals surface area (Å²) in [7, 11) is 1.32. The Bertz CT molecular complexity index is 1180. The average Bonchev–Trinajstić information content (AvgIpc) is 2.75. The van der Waals surface area contributed by atoms with Crippen LogP contribution in [0.5, 0.6) is 0 Å². The van der Waals surface area contributed by atoms with E-state index in [1.165, 1.54) is 20.0 Å². The van der Waals surface area contributed by atoms with Crippen LogP contribution in [0.1, 0.15) is 22.8 Å². The maximum absolute atomic E-state index is 13.6.